The maximum Gasteiger partial charge on any atom is 0.264 e. The van der Waals surface area contributed by atoms with Gasteiger partial charge in [0.2, 0.25) is 0 Å². The lowest BCUT2D eigenvalue weighted by atomic mass is 10.8. The van der Waals surface area contributed by atoms with Crippen molar-refractivity contribution in [3.05, 3.63) is 0 Å². The first-order chi connectivity index (χ1) is 3.56. The minimum atomic E-state index is -3.43. The number of alkyl halides is 1. The Bertz CT molecular complexity index is 139. The van der Waals surface area contributed by atoms with Crippen molar-refractivity contribution in [1.82, 2.24) is 0 Å². The lowest BCUT2D eigenvalue weighted by molar-refractivity contribution is 0.279. The standard InChI is InChI=1S/C3H7FO3S/c1-8(5,6)7-3-2-4/h2-3H2,1H3/i4-1. The average Bonchev–Trinajstić information content (AvgIpc) is 1.59. The molecule has 0 aliphatic rings. The third kappa shape index (κ3) is 5.84. The van der Waals surface area contributed by atoms with Crippen molar-refractivity contribution in [3.63, 3.8) is 0 Å². The van der Waals surface area contributed by atoms with Gasteiger partial charge >= 0.3 is 0 Å². The van der Waals surface area contributed by atoms with Crippen LogP contribution in [0.2, 0.25) is 0 Å². The highest BCUT2D eigenvalue weighted by molar-refractivity contribution is 7.85. The first-order valence-electron chi connectivity index (χ1n) is 1.96. The molecule has 0 amide bonds. The average molecular weight is 141 g/mol. The van der Waals surface area contributed by atoms with Crippen molar-refractivity contribution < 1.29 is 17.0 Å². The number of rotatable bonds is 3. The Kier molecular flexibility index (Phi) is 2.93. The number of halogens is 1. The van der Waals surface area contributed by atoms with Crippen LogP contribution in [0.3, 0.4) is 0 Å². The molecule has 0 saturated heterocycles. The second-order valence-electron chi connectivity index (χ2n) is 1.22. The van der Waals surface area contributed by atoms with E-state index in [9.17, 15) is 12.8 Å². The monoisotopic (exact) mass is 141 g/mol. The van der Waals surface area contributed by atoms with Crippen LogP contribution >= 0.6 is 0 Å². The predicted molar refractivity (Wildman–Crippen MR) is 26.8 cm³/mol. The summed E-state index contributed by atoms with van der Waals surface area (Å²) in [4.78, 5) is 0. The van der Waals surface area contributed by atoms with Crippen molar-refractivity contribution in [1.29, 1.82) is 0 Å². The summed E-state index contributed by atoms with van der Waals surface area (Å²) in [6.07, 6.45) is 0.878. The van der Waals surface area contributed by atoms with E-state index in [1.165, 1.54) is 0 Å². The van der Waals surface area contributed by atoms with Gasteiger partial charge in [-0.25, -0.2) is 4.39 Å². The summed E-state index contributed by atoms with van der Waals surface area (Å²) in [5.41, 5.74) is 0. The maximum atomic E-state index is 11.1. The number of hydrogen-bond donors (Lipinski definition) is 0. The van der Waals surface area contributed by atoms with E-state index >= 15 is 0 Å². The fourth-order valence-electron chi connectivity index (χ4n) is 0.183. The Morgan fingerprint density at radius 1 is 1.62 bits per heavy atom. The zero-order chi connectivity index (χ0) is 6.62. The quantitative estimate of drug-likeness (QED) is 0.517. The largest absolute Gasteiger partial charge is 0.268 e. The molecule has 3 nitrogen and oxygen atoms in total. The lowest BCUT2D eigenvalue weighted by Crippen LogP contribution is -2.04. The molecule has 0 bridgehead atoms. The van der Waals surface area contributed by atoms with Crippen LogP contribution in [0.25, 0.3) is 0 Å². The van der Waals surface area contributed by atoms with Crippen LogP contribution < -0.4 is 0 Å². The Hall–Kier alpha value is -0.160. The zero-order valence-corrected chi connectivity index (χ0v) is 5.24. The van der Waals surface area contributed by atoms with Gasteiger partial charge < -0.3 is 0 Å². The maximum absolute atomic E-state index is 11.1. The van der Waals surface area contributed by atoms with Crippen molar-refractivity contribution in [2.24, 2.45) is 0 Å². The summed E-state index contributed by atoms with van der Waals surface area (Å²) >= 11 is 0. The molecular formula is C3H7FO3S. The molecule has 0 N–H and O–H groups in total. The van der Waals surface area contributed by atoms with Crippen molar-refractivity contribution in [2.75, 3.05) is 19.5 Å². The topological polar surface area (TPSA) is 43.4 Å². The van der Waals surface area contributed by atoms with E-state index in [4.69, 9.17) is 0 Å². The van der Waals surface area contributed by atoms with Gasteiger partial charge in [-0.05, 0) is 0 Å². The summed E-state index contributed by atoms with van der Waals surface area (Å²) in [6.45, 7) is -1.15. The van der Waals surface area contributed by atoms with E-state index < -0.39 is 16.8 Å². The molecule has 0 unspecified atom stereocenters. The molecule has 0 rings (SSSR count). The minimum absolute atomic E-state index is 0.376. The van der Waals surface area contributed by atoms with Crippen molar-refractivity contribution in [2.45, 2.75) is 0 Å². The van der Waals surface area contributed by atoms with Crippen molar-refractivity contribution >= 4 is 10.1 Å². The molecule has 0 fully saturated rings. The van der Waals surface area contributed by atoms with Crippen LogP contribution in [0, 0.1) is 0 Å². The van der Waals surface area contributed by atoms with Crippen LogP contribution in [-0.4, -0.2) is 28.0 Å². The van der Waals surface area contributed by atoms with E-state index in [0.29, 0.717) is 0 Å². The molecular weight excluding hydrogens is 134 g/mol. The molecule has 0 aliphatic heterocycles. The molecule has 0 aliphatic carbocycles. The highest BCUT2D eigenvalue weighted by Crippen LogP contribution is 1.84. The summed E-state index contributed by atoms with van der Waals surface area (Å²) in [5.74, 6) is 0. The SMILES string of the molecule is CS(=O)(=O)OCC[18F]. The minimum Gasteiger partial charge on any atom is -0.268 e. The van der Waals surface area contributed by atoms with Crippen LogP contribution in [0.15, 0.2) is 0 Å². The molecule has 0 spiro atoms. The molecule has 0 aromatic heterocycles. The normalized spacial score (nSPS) is 11.8. The molecule has 5 heteroatoms. The van der Waals surface area contributed by atoms with E-state index in [2.05, 4.69) is 4.18 Å². The highest BCUT2D eigenvalue weighted by atomic mass is 32.2. The molecule has 50 valence electrons. The second kappa shape index (κ2) is 2.99. The van der Waals surface area contributed by atoms with E-state index in [0.717, 1.165) is 6.26 Å². The van der Waals surface area contributed by atoms with Gasteiger partial charge in [0, 0.05) is 0 Å². The van der Waals surface area contributed by atoms with Crippen molar-refractivity contribution in [3.8, 4) is 0 Å². The lowest BCUT2D eigenvalue weighted by Gasteiger charge is -1.92. The van der Waals surface area contributed by atoms with Gasteiger partial charge in [0.1, 0.15) is 6.67 Å². The Morgan fingerprint density at radius 3 is 2.25 bits per heavy atom. The predicted octanol–water partition coefficient (Wildman–Crippen LogP) is -0.0679. The van der Waals surface area contributed by atoms with E-state index in [1.807, 2.05) is 0 Å². The molecule has 0 aromatic rings. The van der Waals surface area contributed by atoms with Crippen LogP contribution in [0.1, 0.15) is 0 Å². The van der Waals surface area contributed by atoms with Gasteiger partial charge in [-0.3, -0.25) is 4.18 Å². The van der Waals surface area contributed by atoms with Gasteiger partial charge in [-0.15, -0.1) is 0 Å². The fraction of sp³-hybridized carbons (Fsp3) is 1.00. The molecule has 0 atom stereocenters. The summed E-state index contributed by atoms with van der Waals surface area (Å²) in [5, 5.41) is 0. The van der Waals surface area contributed by atoms with E-state index in [-0.39, 0.29) is 6.61 Å². The Balaban J connectivity index is 3.42. The zero-order valence-electron chi connectivity index (χ0n) is 4.43. The van der Waals surface area contributed by atoms with Crippen LogP contribution in [-0.2, 0) is 14.3 Å². The Labute approximate surface area is 47.6 Å². The molecule has 0 heterocycles. The number of hydrogen-bond acceptors (Lipinski definition) is 3. The van der Waals surface area contributed by atoms with Gasteiger partial charge in [0.15, 0.2) is 0 Å². The third-order valence-electron chi connectivity index (χ3n) is 0.375. The van der Waals surface area contributed by atoms with E-state index in [1.54, 1.807) is 0 Å². The van der Waals surface area contributed by atoms with Gasteiger partial charge in [-0.2, -0.15) is 8.42 Å². The summed E-state index contributed by atoms with van der Waals surface area (Å²) < 4.78 is 35.1. The first-order valence-corrected chi connectivity index (χ1v) is 3.78. The van der Waals surface area contributed by atoms with Crippen LogP contribution in [0.4, 0.5) is 4.39 Å². The van der Waals surface area contributed by atoms with Crippen LogP contribution in [0.5, 0.6) is 0 Å². The molecule has 0 aromatic carbocycles. The van der Waals surface area contributed by atoms with Gasteiger partial charge in [0.25, 0.3) is 10.1 Å². The second-order valence-corrected chi connectivity index (χ2v) is 2.86. The van der Waals surface area contributed by atoms with Gasteiger partial charge in [-0.1, -0.05) is 0 Å². The molecule has 0 radical (unpaired) electrons. The third-order valence-corrected chi connectivity index (χ3v) is 0.969. The highest BCUT2D eigenvalue weighted by Gasteiger charge is 1.98. The fourth-order valence-corrected chi connectivity index (χ4v) is 0.549. The Morgan fingerprint density at radius 2 is 2.12 bits per heavy atom. The summed E-state index contributed by atoms with van der Waals surface area (Å²) in [6, 6.07) is 0. The smallest absolute Gasteiger partial charge is 0.264 e. The van der Waals surface area contributed by atoms with Gasteiger partial charge in [0.05, 0.1) is 12.9 Å². The summed E-state index contributed by atoms with van der Waals surface area (Å²) in [7, 11) is -3.43. The first kappa shape index (κ1) is 7.84. The molecule has 8 heavy (non-hydrogen) atoms. The molecule has 0 saturated carbocycles.